The molecule has 0 radical (unpaired) electrons. The highest BCUT2D eigenvalue weighted by atomic mass is 35.5. The van der Waals surface area contributed by atoms with Crippen LogP contribution in [0.5, 0.6) is 0 Å². The van der Waals surface area contributed by atoms with E-state index in [1.807, 2.05) is 73.7 Å². The van der Waals surface area contributed by atoms with Crippen molar-refractivity contribution in [1.82, 2.24) is 10.2 Å². The highest BCUT2D eigenvalue weighted by Gasteiger charge is 2.66. The number of β-lactam (4-membered cyclic amide) rings is 1. The van der Waals surface area contributed by atoms with Gasteiger partial charge in [-0.05, 0) is 30.2 Å². The number of carbonyl (C=O) groups excluding carboxylic acids is 3. The van der Waals surface area contributed by atoms with Gasteiger partial charge in [-0.1, -0.05) is 78.9 Å². The van der Waals surface area contributed by atoms with Crippen molar-refractivity contribution >= 4 is 41.1 Å². The number of fused-ring (bicyclic) bond motifs is 1. The lowest BCUT2D eigenvalue weighted by atomic mass is 9.95. The highest BCUT2D eigenvalue weighted by molar-refractivity contribution is 8.01. The summed E-state index contributed by atoms with van der Waals surface area (Å²) in [5.41, 5.74) is 2.13. The molecule has 5 rings (SSSR count). The van der Waals surface area contributed by atoms with E-state index in [1.54, 1.807) is 24.3 Å². The van der Waals surface area contributed by atoms with E-state index in [2.05, 4.69) is 5.32 Å². The van der Waals surface area contributed by atoms with Gasteiger partial charge < -0.3 is 15.0 Å². The fourth-order valence-corrected chi connectivity index (χ4v) is 6.65. The van der Waals surface area contributed by atoms with Crippen molar-refractivity contribution in [3.63, 3.8) is 0 Å². The molecule has 6 nitrogen and oxygen atoms in total. The van der Waals surface area contributed by atoms with Crippen LogP contribution in [0.2, 0.25) is 0 Å². The third kappa shape index (κ3) is 4.38. The van der Waals surface area contributed by atoms with E-state index in [1.165, 1.54) is 16.7 Å². The largest absolute Gasteiger partial charge is 0.451 e. The number of thioether (sulfide) groups is 1. The number of nitrogens with zero attached hydrogens (tertiary/aromatic N) is 1. The number of hydrogen-bond acceptors (Lipinski definition) is 5. The maximum atomic E-state index is 13.7. The van der Waals surface area contributed by atoms with Gasteiger partial charge in [0.15, 0.2) is 6.10 Å². The summed E-state index contributed by atoms with van der Waals surface area (Å²) in [5, 5.41) is 2.42. The molecule has 36 heavy (non-hydrogen) atoms. The molecule has 2 aliphatic heterocycles. The summed E-state index contributed by atoms with van der Waals surface area (Å²) in [6, 6.07) is 26.1. The molecule has 8 heteroatoms. The van der Waals surface area contributed by atoms with E-state index in [0.29, 0.717) is 5.56 Å². The zero-order valence-electron chi connectivity index (χ0n) is 19.5. The van der Waals surface area contributed by atoms with Crippen LogP contribution >= 0.6 is 23.4 Å². The van der Waals surface area contributed by atoms with Crippen LogP contribution in [0, 0.1) is 0 Å². The minimum atomic E-state index is -0.877. The molecule has 1 N–H and O–H groups in total. The summed E-state index contributed by atoms with van der Waals surface area (Å²) in [6.07, 6.45) is -0.631. The third-order valence-electron chi connectivity index (χ3n) is 6.58. The van der Waals surface area contributed by atoms with Gasteiger partial charge in [-0.3, -0.25) is 9.59 Å². The van der Waals surface area contributed by atoms with Gasteiger partial charge in [0, 0.05) is 11.4 Å². The van der Waals surface area contributed by atoms with Crippen molar-refractivity contribution in [3.05, 3.63) is 108 Å². The molecular formula is C28H25ClN2O4S. The lowest BCUT2D eigenvalue weighted by Crippen LogP contribution is -2.71. The lowest BCUT2D eigenvalue weighted by Gasteiger charge is -2.44. The number of amides is 2. The Kier molecular flexibility index (Phi) is 6.77. The number of halogens is 1. The number of nitrogens with one attached hydrogen (secondary N) is 1. The Morgan fingerprint density at radius 2 is 1.50 bits per heavy atom. The Hall–Kier alpha value is -3.29. The van der Waals surface area contributed by atoms with Crippen molar-refractivity contribution in [3.8, 4) is 0 Å². The Morgan fingerprint density at radius 1 is 0.972 bits per heavy atom. The fraction of sp³-hybridized carbons (Fsp3) is 0.250. The predicted molar refractivity (Wildman–Crippen MR) is 140 cm³/mol. The van der Waals surface area contributed by atoms with Gasteiger partial charge in [0.05, 0.1) is 4.75 Å². The number of esters is 1. The molecule has 2 heterocycles. The van der Waals surface area contributed by atoms with Crippen molar-refractivity contribution < 1.29 is 19.1 Å². The Bertz CT molecular complexity index is 1220. The van der Waals surface area contributed by atoms with Crippen LogP contribution in [0.25, 0.3) is 0 Å². The van der Waals surface area contributed by atoms with Gasteiger partial charge in [-0.2, -0.15) is 0 Å². The molecule has 0 aromatic heterocycles. The first-order valence-electron chi connectivity index (χ1n) is 11.7. The molecule has 0 aliphatic carbocycles. The minimum absolute atomic E-state index is 0.137. The molecule has 2 amide bonds. The van der Waals surface area contributed by atoms with Gasteiger partial charge in [-0.25, -0.2) is 4.79 Å². The summed E-state index contributed by atoms with van der Waals surface area (Å²) in [4.78, 5) is 41.1. The van der Waals surface area contributed by atoms with Crippen molar-refractivity contribution in [2.24, 2.45) is 0 Å². The Balaban J connectivity index is 1.38. The number of benzene rings is 3. The van der Waals surface area contributed by atoms with E-state index in [-0.39, 0.29) is 17.7 Å². The molecule has 184 valence electrons. The number of hydrogen-bond donors (Lipinski definition) is 1. The Labute approximate surface area is 219 Å². The lowest BCUT2D eigenvalue weighted by molar-refractivity contribution is -0.166. The summed E-state index contributed by atoms with van der Waals surface area (Å²) in [6.45, 7) is 1.86. The molecular weight excluding hydrogens is 496 g/mol. The molecule has 3 aromatic rings. The first-order chi connectivity index (χ1) is 17.4. The van der Waals surface area contributed by atoms with Crippen LogP contribution in [-0.4, -0.2) is 50.8 Å². The highest BCUT2D eigenvalue weighted by Crippen LogP contribution is 2.52. The predicted octanol–water partition coefficient (Wildman–Crippen LogP) is 4.40. The molecule has 4 atom stereocenters. The summed E-state index contributed by atoms with van der Waals surface area (Å²) >= 11 is 7.78. The maximum absolute atomic E-state index is 13.7. The molecule has 0 saturated carbocycles. The summed E-state index contributed by atoms with van der Waals surface area (Å²) < 4.78 is 5.32. The summed E-state index contributed by atoms with van der Waals surface area (Å²) in [7, 11) is 0. The number of carbonyl (C=O) groups is 3. The van der Waals surface area contributed by atoms with E-state index < -0.39 is 34.3 Å². The van der Waals surface area contributed by atoms with Crippen molar-refractivity contribution in [1.29, 1.82) is 0 Å². The van der Waals surface area contributed by atoms with Crippen LogP contribution in [0.3, 0.4) is 0 Å². The molecule has 2 fully saturated rings. The van der Waals surface area contributed by atoms with E-state index in [0.717, 1.165) is 11.1 Å². The smallest absolute Gasteiger partial charge is 0.331 e. The first-order valence-corrected chi connectivity index (χ1v) is 13.1. The number of rotatable bonds is 7. The molecule has 2 saturated heterocycles. The second-order valence-electron chi connectivity index (χ2n) is 9.06. The average molecular weight is 521 g/mol. The van der Waals surface area contributed by atoms with Crippen LogP contribution in [-0.2, 0) is 14.3 Å². The normalized spacial score (nSPS) is 24.7. The molecule has 3 aromatic carbocycles. The fourth-order valence-electron chi connectivity index (χ4n) is 4.70. The van der Waals surface area contributed by atoms with E-state index in [9.17, 15) is 14.4 Å². The molecule has 0 unspecified atom stereocenters. The summed E-state index contributed by atoms with van der Waals surface area (Å²) in [5.74, 6) is -1.03. The first kappa shape index (κ1) is 24.4. The van der Waals surface area contributed by atoms with Crippen LogP contribution < -0.4 is 5.32 Å². The second-order valence-corrected chi connectivity index (χ2v) is 11.0. The van der Waals surface area contributed by atoms with Gasteiger partial charge >= 0.3 is 5.97 Å². The standard InChI is InChI=1S/C28H25ClN2O4S/c1-28(17-29)23(27(34)35-22(18-11-5-2-6-12-18)19-13-7-3-8-14-19)31-25(33)21(26(31)36-28)30-24(32)20-15-9-4-10-16-20/h2-16,21-23,26H,17H2,1H3,(H,30,32)/t21-,23+,26+,28+/m1/s1. The third-order valence-corrected chi connectivity index (χ3v) is 8.94. The SMILES string of the molecule is C[C@@]1(CCl)S[C@H]2[C@H](NC(=O)c3ccccc3)C(=O)N2[C@H]1C(=O)OC(c1ccccc1)c1ccccc1. The maximum Gasteiger partial charge on any atom is 0.331 e. The number of alkyl halides is 1. The number of ether oxygens (including phenoxy) is 1. The van der Waals surface area contributed by atoms with Gasteiger partial charge in [0.25, 0.3) is 5.91 Å². The van der Waals surface area contributed by atoms with Gasteiger partial charge in [0.2, 0.25) is 5.91 Å². The van der Waals surface area contributed by atoms with Crippen LogP contribution in [0.1, 0.15) is 34.5 Å². The quantitative estimate of drug-likeness (QED) is 0.284. The van der Waals surface area contributed by atoms with E-state index in [4.69, 9.17) is 16.3 Å². The van der Waals surface area contributed by atoms with Crippen LogP contribution in [0.4, 0.5) is 0 Å². The average Bonchev–Trinajstić information content (AvgIpc) is 3.21. The Morgan fingerprint density at radius 3 is 2.03 bits per heavy atom. The van der Waals surface area contributed by atoms with Crippen molar-refractivity contribution in [2.45, 2.75) is 35.2 Å². The topological polar surface area (TPSA) is 75.7 Å². The minimum Gasteiger partial charge on any atom is -0.451 e. The zero-order valence-corrected chi connectivity index (χ0v) is 21.1. The molecule has 0 bridgehead atoms. The zero-order chi connectivity index (χ0) is 25.3. The van der Waals surface area contributed by atoms with Crippen molar-refractivity contribution in [2.75, 3.05) is 5.88 Å². The molecule has 0 spiro atoms. The van der Waals surface area contributed by atoms with E-state index >= 15 is 0 Å². The second kappa shape index (κ2) is 9.99. The molecule has 2 aliphatic rings. The van der Waals surface area contributed by atoms with Gasteiger partial charge in [-0.15, -0.1) is 23.4 Å². The van der Waals surface area contributed by atoms with Gasteiger partial charge in [0.1, 0.15) is 17.5 Å². The van der Waals surface area contributed by atoms with Crippen LogP contribution in [0.15, 0.2) is 91.0 Å². The monoisotopic (exact) mass is 520 g/mol.